The molecular weight excluding hydrogens is 308 g/mol. The predicted octanol–water partition coefficient (Wildman–Crippen LogP) is 1.99. The van der Waals surface area contributed by atoms with Gasteiger partial charge in [-0.1, -0.05) is 0 Å². The van der Waals surface area contributed by atoms with E-state index in [1.807, 2.05) is 0 Å². The lowest BCUT2D eigenvalue weighted by Gasteiger charge is -2.25. The average Bonchev–Trinajstić information content (AvgIpc) is 3.00. The molecule has 2 rings (SSSR count). The Bertz CT molecular complexity index is 573. The maximum absolute atomic E-state index is 13.7. The zero-order valence-electron chi connectivity index (χ0n) is 12.6. The monoisotopic (exact) mass is 327 g/mol. The summed E-state index contributed by atoms with van der Waals surface area (Å²) in [6, 6.07) is 2.94. The van der Waals surface area contributed by atoms with Crippen molar-refractivity contribution >= 4 is 11.9 Å². The molecule has 0 aliphatic carbocycles. The second kappa shape index (κ2) is 8.01. The zero-order chi connectivity index (χ0) is 16.8. The number of carbonyl (C=O) groups is 2. The minimum absolute atomic E-state index is 0.0188. The molecule has 0 aromatic heterocycles. The molecule has 1 unspecified atom stereocenters. The first-order chi connectivity index (χ1) is 11.0. The van der Waals surface area contributed by atoms with Crippen LogP contribution in [0.3, 0.4) is 0 Å². The van der Waals surface area contributed by atoms with Gasteiger partial charge in [-0.25, -0.2) is 8.78 Å². The Kier molecular flexibility index (Phi) is 6.04. The van der Waals surface area contributed by atoms with Crippen LogP contribution in [0.15, 0.2) is 18.2 Å². The van der Waals surface area contributed by atoms with Crippen molar-refractivity contribution in [2.75, 3.05) is 19.7 Å². The molecule has 0 bridgehead atoms. The van der Waals surface area contributed by atoms with Crippen molar-refractivity contribution in [2.45, 2.75) is 31.8 Å². The highest BCUT2D eigenvalue weighted by Gasteiger charge is 2.23. The molecule has 0 saturated carbocycles. The average molecular weight is 327 g/mol. The Labute approximate surface area is 132 Å². The molecule has 1 aliphatic rings. The van der Waals surface area contributed by atoms with Crippen LogP contribution < -0.4 is 0 Å². The Morgan fingerprint density at radius 3 is 2.78 bits per heavy atom. The van der Waals surface area contributed by atoms with Crippen LogP contribution in [0.1, 0.15) is 24.8 Å². The van der Waals surface area contributed by atoms with E-state index in [1.165, 1.54) is 4.90 Å². The van der Waals surface area contributed by atoms with Gasteiger partial charge in [-0.2, -0.15) is 0 Å². The SMILES string of the molecule is O=C(O)CCN(CC1CCCO1)C(=O)Cc1cc(F)ccc1F. The van der Waals surface area contributed by atoms with Gasteiger partial charge < -0.3 is 14.7 Å². The lowest BCUT2D eigenvalue weighted by molar-refractivity contribution is -0.139. The Balaban J connectivity index is 2.04. The van der Waals surface area contributed by atoms with Gasteiger partial charge in [-0.3, -0.25) is 9.59 Å². The number of aliphatic carboxylic acids is 1. The summed E-state index contributed by atoms with van der Waals surface area (Å²) < 4.78 is 32.3. The molecule has 1 aromatic carbocycles. The normalized spacial score (nSPS) is 17.2. The van der Waals surface area contributed by atoms with Crippen molar-refractivity contribution < 1.29 is 28.2 Å². The van der Waals surface area contributed by atoms with Gasteiger partial charge in [0.2, 0.25) is 5.91 Å². The predicted molar refractivity (Wildman–Crippen MR) is 77.9 cm³/mol. The Hall–Kier alpha value is -2.02. The van der Waals surface area contributed by atoms with Gasteiger partial charge in [0.1, 0.15) is 11.6 Å². The Morgan fingerprint density at radius 2 is 2.13 bits per heavy atom. The van der Waals surface area contributed by atoms with Crippen LogP contribution in [-0.4, -0.2) is 47.7 Å². The molecule has 1 aliphatic heterocycles. The van der Waals surface area contributed by atoms with Gasteiger partial charge in [0.15, 0.2) is 0 Å². The first-order valence-electron chi connectivity index (χ1n) is 7.51. The van der Waals surface area contributed by atoms with E-state index >= 15 is 0 Å². The third-order valence-electron chi connectivity index (χ3n) is 3.75. The van der Waals surface area contributed by atoms with E-state index < -0.39 is 23.5 Å². The molecular formula is C16H19F2NO4. The van der Waals surface area contributed by atoms with Crippen LogP contribution in [0, 0.1) is 11.6 Å². The molecule has 1 atom stereocenters. The quantitative estimate of drug-likeness (QED) is 0.832. The summed E-state index contributed by atoms with van der Waals surface area (Å²) in [7, 11) is 0. The number of carbonyl (C=O) groups excluding carboxylic acids is 1. The van der Waals surface area contributed by atoms with Gasteiger partial charge in [0, 0.05) is 25.3 Å². The van der Waals surface area contributed by atoms with E-state index in [0.717, 1.165) is 31.0 Å². The molecule has 7 heteroatoms. The molecule has 1 heterocycles. The van der Waals surface area contributed by atoms with Crippen LogP contribution in [0.2, 0.25) is 0 Å². The number of nitrogens with zero attached hydrogens (tertiary/aromatic N) is 1. The summed E-state index contributed by atoms with van der Waals surface area (Å²) in [4.78, 5) is 24.5. The number of rotatable bonds is 7. The number of hydrogen-bond donors (Lipinski definition) is 1. The number of ether oxygens (including phenoxy) is 1. The molecule has 0 spiro atoms. The molecule has 23 heavy (non-hydrogen) atoms. The zero-order valence-corrected chi connectivity index (χ0v) is 12.6. The van der Waals surface area contributed by atoms with Gasteiger partial charge in [-0.05, 0) is 31.0 Å². The highest BCUT2D eigenvalue weighted by atomic mass is 19.1. The van der Waals surface area contributed by atoms with Crippen LogP contribution in [0.25, 0.3) is 0 Å². The fourth-order valence-corrected chi connectivity index (χ4v) is 2.54. The number of halogens is 2. The lowest BCUT2D eigenvalue weighted by atomic mass is 10.1. The standard InChI is InChI=1S/C16H19F2NO4/c17-12-3-4-14(18)11(8-12)9-15(20)19(6-5-16(21)22)10-13-2-1-7-23-13/h3-4,8,13H,1-2,5-7,9-10H2,(H,21,22). The number of benzene rings is 1. The van der Waals surface area contributed by atoms with Gasteiger partial charge >= 0.3 is 5.97 Å². The van der Waals surface area contributed by atoms with E-state index in [9.17, 15) is 18.4 Å². The summed E-state index contributed by atoms with van der Waals surface area (Å²) in [6.45, 7) is 0.901. The lowest BCUT2D eigenvalue weighted by Crippen LogP contribution is -2.39. The van der Waals surface area contributed by atoms with Crippen molar-refractivity contribution in [3.63, 3.8) is 0 Å². The van der Waals surface area contributed by atoms with Crippen molar-refractivity contribution in [3.05, 3.63) is 35.4 Å². The molecule has 1 amide bonds. The fraction of sp³-hybridized carbons (Fsp3) is 0.500. The van der Waals surface area contributed by atoms with Crippen molar-refractivity contribution in [2.24, 2.45) is 0 Å². The Morgan fingerprint density at radius 1 is 1.35 bits per heavy atom. The highest BCUT2D eigenvalue weighted by molar-refractivity contribution is 5.79. The highest BCUT2D eigenvalue weighted by Crippen LogP contribution is 2.16. The van der Waals surface area contributed by atoms with E-state index in [0.29, 0.717) is 6.61 Å². The molecule has 1 N–H and O–H groups in total. The summed E-state index contributed by atoms with van der Waals surface area (Å²) in [5.74, 6) is -2.74. The second-order valence-electron chi connectivity index (χ2n) is 5.53. The first kappa shape index (κ1) is 17.3. The molecule has 1 aromatic rings. The summed E-state index contributed by atoms with van der Waals surface area (Å²) in [5.41, 5.74) is -0.0392. The van der Waals surface area contributed by atoms with E-state index in [4.69, 9.17) is 9.84 Å². The number of carboxylic acid groups (broad SMARTS) is 1. The third kappa shape index (κ3) is 5.28. The smallest absolute Gasteiger partial charge is 0.305 e. The number of carboxylic acids is 1. The molecule has 0 radical (unpaired) electrons. The van der Waals surface area contributed by atoms with Crippen LogP contribution in [0.5, 0.6) is 0 Å². The molecule has 1 saturated heterocycles. The number of amides is 1. The first-order valence-corrected chi connectivity index (χ1v) is 7.51. The topological polar surface area (TPSA) is 66.8 Å². The van der Waals surface area contributed by atoms with Crippen molar-refractivity contribution in [1.29, 1.82) is 0 Å². The van der Waals surface area contributed by atoms with Crippen molar-refractivity contribution in [3.8, 4) is 0 Å². The maximum atomic E-state index is 13.7. The van der Waals surface area contributed by atoms with Crippen molar-refractivity contribution in [1.82, 2.24) is 4.90 Å². The van der Waals surface area contributed by atoms with Crippen LogP contribution in [-0.2, 0) is 20.7 Å². The summed E-state index contributed by atoms with van der Waals surface area (Å²) >= 11 is 0. The van der Waals surface area contributed by atoms with Crippen LogP contribution >= 0.6 is 0 Å². The second-order valence-corrected chi connectivity index (χ2v) is 5.53. The van der Waals surface area contributed by atoms with Crippen LogP contribution in [0.4, 0.5) is 8.78 Å². The van der Waals surface area contributed by atoms with E-state index in [2.05, 4.69) is 0 Å². The number of hydrogen-bond acceptors (Lipinski definition) is 3. The summed E-state index contributed by atoms with van der Waals surface area (Å²) in [5, 5.41) is 8.80. The van der Waals surface area contributed by atoms with Gasteiger partial charge in [0.05, 0.1) is 18.9 Å². The largest absolute Gasteiger partial charge is 0.481 e. The molecule has 1 fully saturated rings. The summed E-state index contributed by atoms with van der Waals surface area (Å²) in [6.07, 6.45) is 1.04. The third-order valence-corrected chi connectivity index (χ3v) is 3.75. The van der Waals surface area contributed by atoms with Gasteiger partial charge in [-0.15, -0.1) is 0 Å². The molecule has 126 valence electrons. The fourth-order valence-electron chi connectivity index (χ4n) is 2.54. The van der Waals surface area contributed by atoms with E-state index in [-0.39, 0.29) is 37.6 Å². The maximum Gasteiger partial charge on any atom is 0.305 e. The molecule has 5 nitrogen and oxygen atoms in total. The van der Waals surface area contributed by atoms with E-state index in [1.54, 1.807) is 0 Å². The minimum atomic E-state index is -1.02. The minimum Gasteiger partial charge on any atom is -0.481 e. The van der Waals surface area contributed by atoms with Gasteiger partial charge in [0.25, 0.3) is 0 Å².